The molecule has 0 saturated heterocycles. The van der Waals surface area contributed by atoms with Gasteiger partial charge in [-0.1, -0.05) is 12.1 Å². The topological polar surface area (TPSA) is 89.0 Å². The van der Waals surface area contributed by atoms with E-state index >= 15 is 0 Å². The molecule has 0 radical (unpaired) electrons. The lowest BCUT2D eigenvalue weighted by Crippen LogP contribution is -2.26. The van der Waals surface area contributed by atoms with Crippen LogP contribution in [0.4, 0.5) is 5.82 Å². The third kappa shape index (κ3) is 5.50. The van der Waals surface area contributed by atoms with Gasteiger partial charge in [0.1, 0.15) is 17.3 Å². The number of ether oxygens (including phenoxy) is 1. The van der Waals surface area contributed by atoms with Gasteiger partial charge in [-0.05, 0) is 41.8 Å². The van der Waals surface area contributed by atoms with Crippen molar-refractivity contribution >= 4 is 11.7 Å². The third-order valence-electron chi connectivity index (χ3n) is 3.97. The maximum atomic E-state index is 12.2. The van der Waals surface area contributed by atoms with E-state index < -0.39 is 0 Å². The van der Waals surface area contributed by atoms with Gasteiger partial charge in [0, 0.05) is 25.5 Å². The summed E-state index contributed by atoms with van der Waals surface area (Å²) in [6.45, 7) is 1.14. The van der Waals surface area contributed by atoms with Crippen LogP contribution in [0.5, 0.6) is 5.75 Å². The van der Waals surface area contributed by atoms with E-state index in [9.17, 15) is 4.79 Å². The Morgan fingerprint density at radius 1 is 1.00 bits per heavy atom. The van der Waals surface area contributed by atoms with Gasteiger partial charge < -0.3 is 15.4 Å². The Morgan fingerprint density at radius 3 is 2.44 bits per heavy atom. The highest BCUT2D eigenvalue weighted by Crippen LogP contribution is 2.11. The van der Waals surface area contributed by atoms with Gasteiger partial charge in [0.25, 0.3) is 5.91 Å². The number of rotatable bonds is 8. The number of benzene rings is 1. The van der Waals surface area contributed by atoms with Gasteiger partial charge in [0.05, 0.1) is 19.5 Å². The molecule has 0 unspecified atom stereocenters. The first-order chi connectivity index (χ1) is 13.2. The Morgan fingerprint density at radius 2 is 1.78 bits per heavy atom. The fourth-order valence-electron chi connectivity index (χ4n) is 2.43. The summed E-state index contributed by atoms with van der Waals surface area (Å²) in [5.41, 5.74) is 2.50. The van der Waals surface area contributed by atoms with Crippen LogP contribution in [0, 0.1) is 0 Å². The molecule has 0 bridgehead atoms. The molecule has 0 fully saturated rings. The van der Waals surface area contributed by atoms with E-state index in [1.54, 1.807) is 25.7 Å². The Hall–Kier alpha value is -3.48. The molecule has 0 spiro atoms. The zero-order valence-electron chi connectivity index (χ0n) is 15.1. The quantitative estimate of drug-likeness (QED) is 0.639. The standard InChI is InChI=1S/C20H21N5O2/c1-27-17-4-2-15(3-5-17)8-11-22-20(26)18-13-25-19(14-23-18)24-12-16-6-9-21-10-7-16/h2-7,9-10,13-14H,8,11-12H2,1H3,(H,22,26)(H,24,25). The predicted molar refractivity (Wildman–Crippen MR) is 103 cm³/mol. The monoisotopic (exact) mass is 363 g/mol. The number of pyridine rings is 1. The van der Waals surface area contributed by atoms with Gasteiger partial charge in [-0.3, -0.25) is 9.78 Å². The van der Waals surface area contributed by atoms with Crippen LogP contribution in [-0.4, -0.2) is 34.5 Å². The molecule has 0 aliphatic carbocycles. The number of hydrogen-bond donors (Lipinski definition) is 2. The van der Waals surface area contributed by atoms with Crippen LogP contribution >= 0.6 is 0 Å². The van der Waals surface area contributed by atoms with Crippen molar-refractivity contribution in [3.05, 3.63) is 78.0 Å². The number of aromatic nitrogens is 3. The lowest BCUT2D eigenvalue weighted by molar-refractivity contribution is 0.0949. The highest BCUT2D eigenvalue weighted by molar-refractivity contribution is 5.91. The van der Waals surface area contributed by atoms with Crippen molar-refractivity contribution in [1.29, 1.82) is 0 Å². The minimum atomic E-state index is -0.239. The van der Waals surface area contributed by atoms with Gasteiger partial charge in [-0.25, -0.2) is 9.97 Å². The summed E-state index contributed by atoms with van der Waals surface area (Å²) in [4.78, 5) is 24.6. The van der Waals surface area contributed by atoms with Crippen molar-refractivity contribution in [2.24, 2.45) is 0 Å². The first-order valence-corrected chi connectivity index (χ1v) is 8.60. The molecule has 7 nitrogen and oxygen atoms in total. The SMILES string of the molecule is COc1ccc(CCNC(=O)c2cnc(NCc3ccncc3)cn2)cc1. The second-order valence-electron chi connectivity index (χ2n) is 5.85. The molecule has 2 aromatic heterocycles. The number of nitrogens with zero attached hydrogens (tertiary/aromatic N) is 3. The fourth-order valence-corrected chi connectivity index (χ4v) is 2.43. The van der Waals surface area contributed by atoms with Crippen molar-refractivity contribution in [2.75, 3.05) is 19.0 Å². The minimum absolute atomic E-state index is 0.239. The number of amides is 1. The number of carbonyl (C=O) groups is 1. The van der Waals surface area contributed by atoms with E-state index in [-0.39, 0.29) is 5.91 Å². The minimum Gasteiger partial charge on any atom is -0.497 e. The molecule has 3 aromatic rings. The highest BCUT2D eigenvalue weighted by Gasteiger charge is 2.07. The van der Waals surface area contributed by atoms with E-state index in [1.165, 1.54) is 6.20 Å². The zero-order valence-corrected chi connectivity index (χ0v) is 15.1. The predicted octanol–water partition coefficient (Wildman–Crippen LogP) is 2.46. The van der Waals surface area contributed by atoms with Crippen LogP contribution in [0.2, 0.25) is 0 Å². The average molecular weight is 363 g/mol. The molecule has 0 atom stereocenters. The number of carbonyl (C=O) groups excluding carboxylic acids is 1. The fraction of sp³-hybridized carbons (Fsp3) is 0.200. The first-order valence-electron chi connectivity index (χ1n) is 8.60. The normalized spacial score (nSPS) is 10.3. The summed E-state index contributed by atoms with van der Waals surface area (Å²) in [6.07, 6.45) is 7.23. The van der Waals surface area contributed by atoms with Crippen LogP contribution in [0.1, 0.15) is 21.6 Å². The van der Waals surface area contributed by atoms with E-state index in [0.29, 0.717) is 24.6 Å². The molecule has 1 amide bonds. The molecule has 2 heterocycles. The Kier molecular flexibility index (Phi) is 6.30. The lowest BCUT2D eigenvalue weighted by Gasteiger charge is -2.07. The number of anilines is 1. The third-order valence-corrected chi connectivity index (χ3v) is 3.97. The number of nitrogens with one attached hydrogen (secondary N) is 2. The number of methoxy groups -OCH3 is 1. The Balaban J connectivity index is 1.45. The van der Waals surface area contributed by atoms with Crippen molar-refractivity contribution < 1.29 is 9.53 Å². The largest absolute Gasteiger partial charge is 0.497 e. The van der Waals surface area contributed by atoms with E-state index in [4.69, 9.17) is 4.74 Å². The first kappa shape index (κ1) is 18.3. The molecule has 0 aliphatic heterocycles. The summed E-state index contributed by atoms with van der Waals surface area (Å²) in [5, 5.41) is 6.01. The van der Waals surface area contributed by atoms with E-state index in [0.717, 1.165) is 23.3 Å². The molecule has 3 rings (SSSR count). The molecule has 1 aromatic carbocycles. The van der Waals surface area contributed by atoms with Crippen LogP contribution in [0.15, 0.2) is 61.2 Å². The molecule has 0 saturated carbocycles. The second kappa shape index (κ2) is 9.28. The van der Waals surface area contributed by atoms with Crippen LogP contribution in [-0.2, 0) is 13.0 Å². The molecule has 0 aliphatic rings. The van der Waals surface area contributed by atoms with Crippen LogP contribution in [0.25, 0.3) is 0 Å². The van der Waals surface area contributed by atoms with E-state index in [2.05, 4.69) is 25.6 Å². The highest BCUT2D eigenvalue weighted by atomic mass is 16.5. The van der Waals surface area contributed by atoms with Gasteiger partial charge in [0.2, 0.25) is 0 Å². The maximum Gasteiger partial charge on any atom is 0.271 e. The zero-order chi connectivity index (χ0) is 18.9. The van der Waals surface area contributed by atoms with E-state index in [1.807, 2.05) is 36.4 Å². The van der Waals surface area contributed by atoms with Gasteiger partial charge in [-0.15, -0.1) is 0 Å². The van der Waals surface area contributed by atoms with Crippen LogP contribution < -0.4 is 15.4 Å². The van der Waals surface area contributed by atoms with Crippen molar-refractivity contribution in [1.82, 2.24) is 20.3 Å². The summed E-state index contributed by atoms with van der Waals surface area (Å²) < 4.78 is 5.13. The van der Waals surface area contributed by atoms with Gasteiger partial charge in [-0.2, -0.15) is 0 Å². The molecule has 2 N–H and O–H groups in total. The molecular weight excluding hydrogens is 342 g/mol. The molecule has 138 valence electrons. The molecular formula is C20H21N5O2. The smallest absolute Gasteiger partial charge is 0.271 e. The lowest BCUT2D eigenvalue weighted by atomic mass is 10.1. The Bertz CT molecular complexity index is 852. The second-order valence-corrected chi connectivity index (χ2v) is 5.85. The Labute approximate surface area is 157 Å². The van der Waals surface area contributed by atoms with Crippen molar-refractivity contribution in [2.45, 2.75) is 13.0 Å². The van der Waals surface area contributed by atoms with Crippen molar-refractivity contribution in [3.8, 4) is 5.75 Å². The molecule has 27 heavy (non-hydrogen) atoms. The molecule has 7 heteroatoms. The summed E-state index contributed by atoms with van der Waals surface area (Å²) in [6, 6.07) is 11.6. The van der Waals surface area contributed by atoms with Gasteiger partial charge in [0.15, 0.2) is 0 Å². The summed E-state index contributed by atoms with van der Waals surface area (Å²) in [5.74, 6) is 1.19. The van der Waals surface area contributed by atoms with Crippen LogP contribution in [0.3, 0.4) is 0 Å². The maximum absolute atomic E-state index is 12.2. The average Bonchev–Trinajstić information content (AvgIpc) is 2.74. The number of hydrogen-bond acceptors (Lipinski definition) is 6. The summed E-state index contributed by atoms with van der Waals surface area (Å²) >= 11 is 0. The summed E-state index contributed by atoms with van der Waals surface area (Å²) in [7, 11) is 1.64. The van der Waals surface area contributed by atoms with Crippen molar-refractivity contribution in [3.63, 3.8) is 0 Å². The van der Waals surface area contributed by atoms with Gasteiger partial charge >= 0.3 is 0 Å².